The van der Waals surface area contributed by atoms with Gasteiger partial charge in [0.25, 0.3) is 0 Å². The third kappa shape index (κ3) is 5.05. The highest BCUT2D eigenvalue weighted by atomic mass is 35.5. The second kappa shape index (κ2) is 9.40. The van der Waals surface area contributed by atoms with Crippen LogP contribution in [0.1, 0.15) is 12.5 Å². The molecular weight excluding hydrogens is 324 g/mol. The summed E-state index contributed by atoms with van der Waals surface area (Å²) in [5.41, 5.74) is 2.28. The fraction of sp³-hybridized carbons (Fsp3) is 0.368. The highest BCUT2D eigenvalue weighted by Crippen LogP contribution is 2.36. The van der Waals surface area contributed by atoms with Crippen LogP contribution in [0.25, 0.3) is 0 Å². The lowest BCUT2D eigenvalue weighted by Gasteiger charge is -2.19. The summed E-state index contributed by atoms with van der Waals surface area (Å²) in [5.74, 6) is 1.27. The van der Waals surface area contributed by atoms with Gasteiger partial charge in [-0.25, -0.2) is 0 Å². The number of anilines is 1. The first-order valence-corrected chi connectivity index (χ1v) is 8.49. The molecule has 2 aromatic carbocycles. The number of likely N-dealkylation sites (N-methyl/N-ethyl adjacent to an activating group) is 1. The second-order valence-electron chi connectivity index (χ2n) is 5.48. The van der Waals surface area contributed by atoms with E-state index in [2.05, 4.69) is 29.4 Å². The molecule has 24 heavy (non-hydrogen) atoms. The van der Waals surface area contributed by atoms with Crippen molar-refractivity contribution >= 4 is 17.3 Å². The van der Waals surface area contributed by atoms with E-state index in [9.17, 15) is 0 Å². The van der Waals surface area contributed by atoms with Crippen molar-refractivity contribution < 1.29 is 9.47 Å². The number of nitrogens with zero attached hydrogens (tertiary/aromatic N) is 1. The van der Waals surface area contributed by atoms with E-state index in [1.54, 1.807) is 7.11 Å². The zero-order valence-corrected chi connectivity index (χ0v) is 15.3. The molecule has 0 saturated carbocycles. The minimum Gasteiger partial charge on any atom is -0.493 e. The Morgan fingerprint density at radius 2 is 1.92 bits per heavy atom. The standard InChI is InChI=1S/C19H25ClN2O2/c1-4-24-19-17(20)12-15(13-18(19)23-3)14-21-10-11-22(2)16-8-6-5-7-9-16/h5-9,12-13,21H,4,10-11,14H2,1-3H3. The van der Waals surface area contributed by atoms with E-state index in [1.807, 2.05) is 37.3 Å². The lowest BCUT2D eigenvalue weighted by molar-refractivity contribution is 0.311. The van der Waals surface area contributed by atoms with Crippen LogP contribution in [0, 0.1) is 0 Å². The van der Waals surface area contributed by atoms with Crippen LogP contribution < -0.4 is 19.7 Å². The molecule has 0 saturated heterocycles. The van der Waals surface area contributed by atoms with Gasteiger partial charge in [0, 0.05) is 32.4 Å². The number of para-hydroxylation sites is 1. The van der Waals surface area contributed by atoms with Crippen molar-refractivity contribution in [2.24, 2.45) is 0 Å². The largest absolute Gasteiger partial charge is 0.493 e. The molecular formula is C19H25ClN2O2. The van der Waals surface area contributed by atoms with Gasteiger partial charge in [-0.3, -0.25) is 0 Å². The maximum absolute atomic E-state index is 6.29. The topological polar surface area (TPSA) is 33.7 Å². The summed E-state index contributed by atoms with van der Waals surface area (Å²) in [4.78, 5) is 2.22. The Bertz CT molecular complexity index is 635. The maximum Gasteiger partial charge on any atom is 0.179 e. The smallest absolute Gasteiger partial charge is 0.179 e. The summed E-state index contributed by atoms with van der Waals surface area (Å²) < 4.78 is 10.9. The number of rotatable bonds is 9. The highest BCUT2D eigenvalue weighted by molar-refractivity contribution is 6.32. The molecule has 0 amide bonds. The molecule has 0 aliphatic rings. The third-order valence-corrected chi connectivity index (χ3v) is 4.01. The second-order valence-corrected chi connectivity index (χ2v) is 5.88. The minimum absolute atomic E-state index is 0.555. The third-order valence-electron chi connectivity index (χ3n) is 3.73. The number of halogens is 1. The molecule has 2 aromatic rings. The van der Waals surface area contributed by atoms with Crippen molar-refractivity contribution in [2.75, 3.05) is 38.8 Å². The zero-order chi connectivity index (χ0) is 17.4. The van der Waals surface area contributed by atoms with Gasteiger partial charge in [-0.15, -0.1) is 0 Å². The van der Waals surface area contributed by atoms with Gasteiger partial charge in [0.2, 0.25) is 0 Å². The molecule has 0 aliphatic carbocycles. The molecule has 0 aliphatic heterocycles. The molecule has 1 N–H and O–H groups in total. The van der Waals surface area contributed by atoms with E-state index < -0.39 is 0 Å². The monoisotopic (exact) mass is 348 g/mol. The Morgan fingerprint density at radius 1 is 1.17 bits per heavy atom. The summed E-state index contributed by atoms with van der Waals surface area (Å²) in [5, 5.41) is 4.01. The van der Waals surface area contributed by atoms with Gasteiger partial charge >= 0.3 is 0 Å². The lowest BCUT2D eigenvalue weighted by Crippen LogP contribution is -2.28. The Hall–Kier alpha value is -1.91. The molecule has 2 rings (SSSR count). The van der Waals surface area contributed by atoms with Crippen LogP contribution >= 0.6 is 11.6 Å². The van der Waals surface area contributed by atoms with E-state index >= 15 is 0 Å². The zero-order valence-electron chi connectivity index (χ0n) is 14.5. The van der Waals surface area contributed by atoms with Gasteiger partial charge in [-0.1, -0.05) is 29.8 Å². The van der Waals surface area contributed by atoms with Crippen molar-refractivity contribution in [1.82, 2.24) is 5.32 Å². The number of nitrogens with one attached hydrogen (secondary N) is 1. The Morgan fingerprint density at radius 3 is 2.58 bits per heavy atom. The predicted molar refractivity (Wildman–Crippen MR) is 101 cm³/mol. The Balaban J connectivity index is 1.87. The average Bonchev–Trinajstić information content (AvgIpc) is 2.61. The fourth-order valence-corrected chi connectivity index (χ4v) is 2.74. The quantitative estimate of drug-likeness (QED) is 0.695. The molecule has 0 fully saturated rings. The molecule has 0 heterocycles. The minimum atomic E-state index is 0.555. The van der Waals surface area contributed by atoms with Crippen LogP contribution in [-0.2, 0) is 6.54 Å². The summed E-state index contributed by atoms with van der Waals surface area (Å²) in [6.45, 7) is 5.00. The number of benzene rings is 2. The van der Waals surface area contributed by atoms with Crippen LogP contribution in [0.4, 0.5) is 5.69 Å². The Kier molecular flexibility index (Phi) is 7.22. The fourth-order valence-electron chi connectivity index (χ4n) is 2.45. The summed E-state index contributed by atoms with van der Waals surface area (Å²) >= 11 is 6.29. The van der Waals surface area contributed by atoms with Gasteiger partial charge in [0.15, 0.2) is 11.5 Å². The summed E-state index contributed by atoms with van der Waals surface area (Å²) in [7, 11) is 3.72. The van der Waals surface area contributed by atoms with Gasteiger partial charge in [0.1, 0.15) is 0 Å². The van der Waals surface area contributed by atoms with Gasteiger partial charge in [0.05, 0.1) is 18.7 Å². The van der Waals surface area contributed by atoms with E-state index in [-0.39, 0.29) is 0 Å². The van der Waals surface area contributed by atoms with E-state index in [4.69, 9.17) is 21.1 Å². The first-order chi connectivity index (χ1) is 11.7. The molecule has 0 spiro atoms. The number of ether oxygens (including phenoxy) is 2. The molecule has 130 valence electrons. The first kappa shape index (κ1) is 18.4. The number of methoxy groups -OCH3 is 1. The lowest BCUT2D eigenvalue weighted by atomic mass is 10.2. The van der Waals surface area contributed by atoms with Crippen LogP contribution in [0.15, 0.2) is 42.5 Å². The molecule has 0 radical (unpaired) electrons. The predicted octanol–water partition coefficient (Wildman–Crippen LogP) is 3.97. The normalized spacial score (nSPS) is 10.5. The van der Waals surface area contributed by atoms with E-state index in [1.165, 1.54) is 5.69 Å². The molecule has 0 atom stereocenters. The average molecular weight is 349 g/mol. The van der Waals surface area contributed by atoms with Crippen molar-refractivity contribution in [2.45, 2.75) is 13.5 Å². The molecule has 4 nitrogen and oxygen atoms in total. The van der Waals surface area contributed by atoms with Crippen LogP contribution in [0.2, 0.25) is 5.02 Å². The van der Waals surface area contributed by atoms with Crippen LogP contribution in [0.5, 0.6) is 11.5 Å². The van der Waals surface area contributed by atoms with Crippen molar-refractivity contribution in [3.8, 4) is 11.5 Å². The van der Waals surface area contributed by atoms with Gasteiger partial charge < -0.3 is 19.7 Å². The van der Waals surface area contributed by atoms with Crippen LogP contribution in [0.3, 0.4) is 0 Å². The van der Waals surface area contributed by atoms with Gasteiger partial charge in [-0.2, -0.15) is 0 Å². The van der Waals surface area contributed by atoms with E-state index in [0.717, 1.165) is 25.2 Å². The first-order valence-electron chi connectivity index (χ1n) is 8.11. The molecule has 0 aromatic heterocycles. The molecule has 0 unspecified atom stereocenters. The SMILES string of the molecule is CCOc1c(Cl)cc(CNCCN(C)c2ccccc2)cc1OC. The van der Waals surface area contributed by atoms with Crippen LogP contribution in [-0.4, -0.2) is 33.9 Å². The molecule has 5 heteroatoms. The molecule has 0 bridgehead atoms. The number of hydrogen-bond donors (Lipinski definition) is 1. The Labute approximate surface area is 149 Å². The van der Waals surface area contributed by atoms with Crippen molar-refractivity contribution in [3.05, 3.63) is 53.1 Å². The number of hydrogen-bond acceptors (Lipinski definition) is 4. The summed E-state index contributed by atoms with van der Waals surface area (Å²) in [6, 6.07) is 14.2. The van der Waals surface area contributed by atoms with Gasteiger partial charge in [-0.05, 0) is 36.8 Å². The van der Waals surface area contributed by atoms with E-state index in [0.29, 0.717) is 23.1 Å². The maximum atomic E-state index is 6.29. The highest BCUT2D eigenvalue weighted by Gasteiger charge is 2.11. The van der Waals surface area contributed by atoms with Crippen molar-refractivity contribution in [3.63, 3.8) is 0 Å². The summed E-state index contributed by atoms with van der Waals surface area (Å²) in [6.07, 6.45) is 0. The van der Waals surface area contributed by atoms with Crippen molar-refractivity contribution in [1.29, 1.82) is 0 Å².